The molecular formula is C14H13N5O4S. The monoisotopic (exact) mass is 347 g/mol. The summed E-state index contributed by atoms with van der Waals surface area (Å²) in [7, 11) is 0. The maximum atomic E-state index is 12.2. The zero-order valence-electron chi connectivity index (χ0n) is 12.3. The number of rotatable bonds is 6. The van der Waals surface area contributed by atoms with Crippen LogP contribution in [0.15, 0.2) is 24.4 Å². The van der Waals surface area contributed by atoms with Crippen LogP contribution in [0, 0.1) is 10.1 Å². The number of thiazole rings is 1. The second kappa shape index (κ2) is 6.24. The fourth-order valence-electron chi connectivity index (χ4n) is 2.01. The van der Waals surface area contributed by atoms with Crippen LogP contribution in [0.2, 0.25) is 0 Å². The number of carbonyl (C=O) groups excluding carboxylic acids is 2. The van der Waals surface area contributed by atoms with Crippen LogP contribution in [0.5, 0.6) is 0 Å². The Labute approximate surface area is 140 Å². The number of carbonyl (C=O) groups is 2. The van der Waals surface area contributed by atoms with Crippen LogP contribution in [0.4, 0.5) is 16.5 Å². The summed E-state index contributed by atoms with van der Waals surface area (Å²) in [6.45, 7) is 0. The highest BCUT2D eigenvalue weighted by atomic mass is 32.1. The molecule has 2 amide bonds. The Morgan fingerprint density at radius 2 is 2.12 bits per heavy atom. The number of nitrogens with two attached hydrogens (primary N) is 1. The summed E-state index contributed by atoms with van der Waals surface area (Å²) >= 11 is 0.930. The zero-order valence-corrected chi connectivity index (χ0v) is 13.1. The molecule has 2 aromatic rings. The van der Waals surface area contributed by atoms with Gasteiger partial charge in [-0.2, -0.15) is 0 Å². The minimum atomic E-state index is -0.640. The third-order valence-corrected chi connectivity index (χ3v) is 4.29. The van der Waals surface area contributed by atoms with Gasteiger partial charge in [-0.15, -0.1) is 0 Å². The Hall–Kier alpha value is -3.01. The molecule has 4 N–H and O–H groups in total. The first kappa shape index (κ1) is 15.9. The summed E-state index contributed by atoms with van der Waals surface area (Å²) in [4.78, 5) is 38.0. The van der Waals surface area contributed by atoms with E-state index >= 15 is 0 Å². The van der Waals surface area contributed by atoms with Crippen molar-refractivity contribution >= 4 is 39.7 Å². The van der Waals surface area contributed by atoms with Gasteiger partial charge in [-0.1, -0.05) is 11.3 Å². The molecule has 0 radical (unpaired) electrons. The van der Waals surface area contributed by atoms with Gasteiger partial charge in [-0.25, -0.2) is 4.98 Å². The Balaban J connectivity index is 1.79. The molecule has 24 heavy (non-hydrogen) atoms. The van der Waals surface area contributed by atoms with Gasteiger partial charge in [0.2, 0.25) is 0 Å². The number of nitrogens with one attached hydrogen (secondary N) is 2. The van der Waals surface area contributed by atoms with Gasteiger partial charge < -0.3 is 11.1 Å². The molecule has 0 aliphatic heterocycles. The lowest BCUT2D eigenvalue weighted by Crippen LogP contribution is -2.13. The Morgan fingerprint density at radius 3 is 2.71 bits per heavy atom. The molecule has 1 saturated carbocycles. The lowest BCUT2D eigenvalue weighted by atomic mass is 10.1. The molecule has 0 atom stereocenters. The molecule has 1 aromatic carbocycles. The van der Waals surface area contributed by atoms with Gasteiger partial charge in [0.1, 0.15) is 10.6 Å². The Bertz CT molecular complexity index is 830. The Kier molecular flexibility index (Phi) is 4.13. The molecule has 1 aliphatic rings. The standard InChI is InChI=1S/C14H13N5O4S/c15-12(20)11-6-16-14(24-11)18-13(21)7-1-4-9(17-8-2-3-8)10(5-7)19(22)23/h1,4-6,8,17H,2-3H2,(H2,15,20)(H,16,18,21). The quantitative estimate of drug-likeness (QED) is 0.539. The van der Waals surface area contributed by atoms with Gasteiger partial charge in [0.15, 0.2) is 5.13 Å². The first-order chi connectivity index (χ1) is 11.4. The van der Waals surface area contributed by atoms with Crippen molar-refractivity contribution < 1.29 is 14.5 Å². The van der Waals surface area contributed by atoms with Crippen LogP contribution in [-0.2, 0) is 0 Å². The van der Waals surface area contributed by atoms with E-state index in [1.807, 2.05) is 0 Å². The second-order valence-electron chi connectivity index (χ2n) is 5.26. The number of amides is 2. The minimum absolute atomic E-state index is 0.124. The maximum absolute atomic E-state index is 12.2. The highest BCUT2D eigenvalue weighted by Gasteiger charge is 2.25. The second-order valence-corrected chi connectivity index (χ2v) is 6.29. The fraction of sp³-hybridized carbons (Fsp3) is 0.214. The van der Waals surface area contributed by atoms with E-state index in [2.05, 4.69) is 15.6 Å². The number of aromatic nitrogens is 1. The van der Waals surface area contributed by atoms with Crippen LogP contribution in [0.1, 0.15) is 32.9 Å². The third-order valence-electron chi connectivity index (χ3n) is 3.36. The summed E-state index contributed by atoms with van der Waals surface area (Å²) in [5.41, 5.74) is 5.48. The topological polar surface area (TPSA) is 140 Å². The molecule has 0 spiro atoms. The molecule has 3 rings (SSSR count). The number of hydrogen-bond donors (Lipinski definition) is 3. The highest BCUT2D eigenvalue weighted by Crippen LogP contribution is 2.31. The number of nitro groups is 1. The van der Waals surface area contributed by atoms with Gasteiger partial charge >= 0.3 is 0 Å². The molecule has 1 fully saturated rings. The summed E-state index contributed by atoms with van der Waals surface area (Å²) in [6, 6.07) is 4.48. The van der Waals surface area contributed by atoms with Crippen molar-refractivity contribution in [1.29, 1.82) is 0 Å². The summed E-state index contributed by atoms with van der Waals surface area (Å²) in [5, 5.41) is 17.0. The Morgan fingerprint density at radius 1 is 1.38 bits per heavy atom. The molecule has 124 valence electrons. The van der Waals surface area contributed by atoms with Gasteiger partial charge in [0.05, 0.1) is 11.1 Å². The van der Waals surface area contributed by atoms with Crippen molar-refractivity contribution in [3.05, 3.63) is 45.0 Å². The molecule has 1 heterocycles. The van der Waals surface area contributed by atoms with Crippen molar-refractivity contribution in [1.82, 2.24) is 4.98 Å². The SMILES string of the molecule is NC(=O)c1cnc(NC(=O)c2ccc(NC3CC3)c([N+](=O)[O-])c2)s1. The van der Waals surface area contributed by atoms with E-state index in [0.29, 0.717) is 5.69 Å². The van der Waals surface area contributed by atoms with Gasteiger partial charge in [0.25, 0.3) is 17.5 Å². The predicted molar refractivity (Wildman–Crippen MR) is 88.3 cm³/mol. The van der Waals surface area contributed by atoms with Crippen LogP contribution in [0.3, 0.4) is 0 Å². The number of hydrogen-bond acceptors (Lipinski definition) is 7. The summed E-state index contributed by atoms with van der Waals surface area (Å²) in [6.07, 6.45) is 3.21. The number of nitro benzene ring substituents is 1. The van der Waals surface area contributed by atoms with Crippen molar-refractivity contribution in [2.75, 3.05) is 10.6 Å². The smallest absolute Gasteiger partial charge is 0.293 e. The molecule has 9 nitrogen and oxygen atoms in total. The number of primary amides is 1. The predicted octanol–water partition coefficient (Wildman–Crippen LogP) is 1.98. The van der Waals surface area contributed by atoms with Crippen LogP contribution in [-0.4, -0.2) is 27.8 Å². The number of nitrogens with zero attached hydrogens (tertiary/aromatic N) is 2. The van der Waals surface area contributed by atoms with E-state index in [-0.39, 0.29) is 27.3 Å². The van der Waals surface area contributed by atoms with Crippen molar-refractivity contribution in [3.63, 3.8) is 0 Å². The van der Waals surface area contributed by atoms with E-state index in [9.17, 15) is 19.7 Å². The van der Waals surface area contributed by atoms with Crippen LogP contribution >= 0.6 is 11.3 Å². The molecule has 1 aromatic heterocycles. The minimum Gasteiger partial charge on any atom is -0.377 e. The van der Waals surface area contributed by atoms with Crippen molar-refractivity contribution in [2.24, 2.45) is 5.73 Å². The molecule has 0 unspecified atom stereocenters. The van der Waals surface area contributed by atoms with Crippen molar-refractivity contribution in [3.8, 4) is 0 Å². The molecular weight excluding hydrogens is 334 g/mol. The fourth-order valence-corrected chi connectivity index (χ4v) is 2.67. The molecule has 1 aliphatic carbocycles. The largest absolute Gasteiger partial charge is 0.377 e. The van der Waals surface area contributed by atoms with E-state index in [4.69, 9.17) is 5.73 Å². The third kappa shape index (κ3) is 3.49. The van der Waals surface area contributed by atoms with Gasteiger partial charge in [-0.3, -0.25) is 25.0 Å². The van der Waals surface area contributed by atoms with Crippen LogP contribution in [0.25, 0.3) is 0 Å². The number of anilines is 2. The lowest BCUT2D eigenvalue weighted by molar-refractivity contribution is -0.384. The highest BCUT2D eigenvalue weighted by molar-refractivity contribution is 7.17. The normalized spacial score (nSPS) is 13.3. The van der Waals surface area contributed by atoms with Gasteiger partial charge in [-0.05, 0) is 25.0 Å². The molecule has 0 saturated heterocycles. The molecule has 10 heteroatoms. The van der Waals surface area contributed by atoms with Crippen molar-refractivity contribution in [2.45, 2.75) is 18.9 Å². The molecule has 0 bridgehead atoms. The average Bonchev–Trinajstić information content (AvgIpc) is 3.22. The maximum Gasteiger partial charge on any atom is 0.293 e. The summed E-state index contributed by atoms with van der Waals surface area (Å²) < 4.78 is 0. The van der Waals surface area contributed by atoms with Gasteiger partial charge in [0, 0.05) is 17.7 Å². The lowest BCUT2D eigenvalue weighted by Gasteiger charge is -2.07. The summed E-state index contributed by atoms with van der Waals surface area (Å²) in [5.74, 6) is -1.19. The number of benzene rings is 1. The van der Waals surface area contributed by atoms with E-state index in [1.165, 1.54) is 24.4 Å². The first-order valence-corrected chi connectivity index (χ1v) is 7.87. The van der Waals surface area contributed by atoms with E-state index < -0.39 is 16.7 Å². The zero-order chi connectivity index (χ0) is 17.3. The van der Waals surface area contributed by atoms with E-state index in [1.54, 1.807) is 0 Å². The first-order valence-electron chi connectivity index (χ1n) is 7.06. The van der Waals surface area contributed by atoms with Crippen LogP contribution < -0.4 is 16.4 Å². The van der Waals surface area contributed by atoms with E-state index in [0.717, 1.165) is 24.2 Å². The average molecular weight is 347 g/mol.